The van der Waals surface area contributed by atoms with Crippen molar-refractivity contribution in [3.8, 4) is 22.5 Å². The highest BCUT2D eigenvalue weighted by molar-refractivity contribution is 6.38. The van der Waals surface area contributed by atoms with E-state index in [-0.39, 0.29) is 0 Å². The Balaban J connectivity index is 1.59. The number of nitrogens with zero attached hydrogens (tertiary/aromatic N) is 6. The van der Waals surface area contributed by atoms with E-state index in [1.807, 2.05) is 30.3 Å². The smallest absolute Gasteiger partial charge is 0.182 e. The molecule has 33 heavy (non-hydrogen) atoms. The van der Waals surface area contributed by atoms with Gasteiger partial charge < -0.3 is 4.90 Å². The molecule has 0 spiro atoms. The molecule has 0 saturated carbocycles. The van der Waals surface area contributed by atoms with E-state index in [0.717, 1.165) is 50.4 Å². The van der Waals surface area contributed by atoms with Crippen LogP contribution in [0.25, 0.3) is 33.5 Å². The average Bonchev–Trinajstić information content (AvgIpc) is 3.21. The summed E-state index contributed by atoms with van der Waals surface area (Å²) in [5.74, 6) is -1.84. The molecule has 1 aliphatic rings. The summed E-state index contributed by atoms with van der Waals surface area (Å²) in [7, 11) is 2.12. The monoisotopic (exact) mass is 468 g/mol. The molecule has 2 aromatic carbocycles. The predicted molar refractivity (Wildman–Crippen MR) is 125 cm³/mol. The van der Waals surface area contributed by atoms with Crippen LogP contribution in [0.15, 0.2) is 48.5 Å². The SMILES string of the molecule is CN1CCN(CCn2nc(-c3ccc(F)c(F)c3)c3c(Cl)c(-c4ccccc4)nnc32)CC1. The normalized spacial score (nSPS) is 15.4. The molecule has 2 aromatic heterocycles. The lowest BCUT2D eigenvalue weighted by Gasteiger charge is -2.32. The maximum atomic E-state index is 14.1. The Labute approximate surface area is 195 Å². The van der Waals surface area contributed by atoms with Crippen molar-refractivity contribution in [1.82, 2.24) is 29.8 Å². The summed E-state index contributed by atoms with van der Waals surface area (Å²) in [5.41, 5.74) is 2.75. The summed E-state index contributed by atoms with van der Waals surface area (Å²) < 4.78 is 29.4. The Kier molecular flexibility index (Phi) is 6.05. The minimum Gasteiger partial charge on any atom is -0.304 e. The molecule has 0 amide bonds. The van der Waals surface area contributed by atoms with E-state index in [1.54, 1.807) is 4.68 Å². The van der Waals surface area contributed by atoms with Gasteiger partial charge in [0.15, 0.2) is 17.3 Å². The highest BCUT2D eigenvalue weighted by Gasteiger charge is 2.22. The second-order valence-corrected chi connectivity index (χ2v) is 8.65. The molecule has 1 saturated heterocycles. The number of piperazine rings is 1. The second kappa shape index (κ2) is 9.13. The summed E-state index contributed by atoms with van der Waals surface area (Å²) in [4.78, 5) is 4.68. The molecule has 1 fully saturated rings. The number of halogens is 3. The van der Waals surface area contributed by atoms with Crippen molar-refractivity contribution >= 4 is 22.6 Å². The first-order valence-electron chi connectivity index (χ1n) is 10.9. The van der Waals surface area contributed by atoms with Crippen LogP contribution < -0.4 is 0 Å². The van der Waals surface area contributed by atoms with Gasteiger partial charge in [0.25, 0.3) is 0 Å². The van der Waals surface area contributed by atoms with E-state index in [4.69, 9.17) is 16.7 Å². The molecule has 0 N–H and O–H groups in total. The molecule has 0 aliphatic carbocycles. The lowest BCUT2D eigenvalue weighted by atomic mass is 10.1. The van der Waals surface area contributed by atoms with Gasteiger partial charge in [0, 0.05) is 43.9 Å². The molecule has 170 valence electrons. The maximum absolute atomic E-state index is 14.1. The second-order valence-electron chi connectivity index (χ2n) is 8.27. The minimum absolute atomic E-state index is 0.386. The number of hydrogen-bond acceptors (Lipinski definition) is 5. The van der Waals surface area contributed by atoms with E-state index in [2.05, 4.69) is 27.0 Å². The largest absolute Gasteiger partial charge is 0.304 e. The zero-order chi connectivity index (χ0) is 22.9. The van der Waals surface area contributed by atoms with Gasteiger partial charge in [-0.25, -0.2) is 13.5 Å². The van der Waals surface area contributed by atoms with E-state index >= 15 is 0 Å². The number of hydrogen-bond donors (Lipinski definition) is 0. The molecule has 0 atom stereocenters. The Morgan fingerprint density at radius 1 is 0.848 bits per heavy atom. The standard InChI is InChI=1S/C24H23ClF2N6/c1-31-9-11-32(12-10-31)13-14-33-24-20(22(30-33)17-7-8-18(26)19(27)15-17)21(25)23(28-29-24)16-5-3-2-4-6-16/h2-8,15H,9-14H2,1H3. The molecular formula is C24H23ClF2N6. The summed E-state index contributed by atoms with van der Waals surface area (Å²) >= 11 is 6.84. The summed E-state index contributed by atoms with van der Waals surface area (Å²) in [6, 6.07) is 13.2. The predicted octanol–water partition coefficient (Wildman–Crippen LogP) is 4.34. The first-order chi connectivity index (χ1) is 16.0. The summed E-state index contributed by atoms with van der Waals surface area (Å²) in [6.45, 7) is 5.38. The van der Waals surface area contributed by atoms with Gasteiger partial charge in [0.2, 0.25) is 0 Å². The highest BCUT2D eigenvalue weighted by atomic mass is 35.5. The fourth-order valence-corrected chi connectivity index (χ4v) is 4.43. The Morgan fingerprint density at radius 2 is 1.61 bits per heavy atom. The van der Waals surface area contributed by atoms with Crippen molar-refractivity contribution in [1.29, 1.82) is 0 Å². The van der Waals surface area contributed by atoms with Crippen LogP contribution in [0.2, 0.25) is 5.02 Å². The first-order valence-corrected chi connectivity index (χ1v) is 11.2. The van der Waals surface area contributed by atoms with Crippen LogP contribution in [0.4, 0.5) is 8.78 Å². The molecule has 4 aromatic rings. The molecule has 5 rings (SSSR count). The molecule has 0 radical (unpaired) electrons. The Bertz CT molecular complexity index is 1290. The summed E-state index contributed by atoms with van der Waals surface area (Å²) in [5, 5.41) is 14.5. The number of fused-ring (bicyclic) bond motifs is 1. The number of benzene rings is 2. The number of aromatic nitrogens is 4. The molecule has 6 nitrogen and oxygen atoms in total. The topological polar surface area (TPSA) is 50.1 Å². The minimum atomic E-state index is -0.936. The van der Waals surface area contributed by atoms with Gasteiger partial charge in [-0.3, -0.25) is 4.90 Å². The van der Waals surface area contributed by atoms with Gasteiger partial charge in [-0.15, -0.1) is 10.2 Å². The van der Waals surface area contributed by atoms with Crippen molar-refractivity contribution in [3.63, 3.8) is 0 Å². The third kappa shape index (κ3) is 4.34. The zero-order valence-electron chi connectivity index (χ0n) is 18.2. The summed E-state index contributed by atoms with van der Waals surface area (Å²) in [6.07, 6.45) is 0. The van der Waals surface area contributed by atoms with Crippen molar-refractivity contribution < 1.29 is 8.78 Å². The highest BCUT2D eigenvalue weighted by Crippen LogP contribution is 2.37. The van der Waals surface area contributed by atoms with Gasteiger partial charge in [-0.1, -0.05) is 41.9 Å². The zero-order valence-corrected chi connectivity index (χ0v) is 18.9. The van der Waals surface area contributed by atoms with E-state index in [9.17, 15) is 8.78 Å². The van der Waals surface area contributed by atoms with Gasteiger partial charge in [0.05, 0.1) is 17.0 Å². The lowest BCUT2D eigenvalue weighted by molar-refractivity contribution is 0.149. The lowest BCUT2D eigenvalue weighted by Crippen LogP contribution is -2.45. The average molecular weight is 469 g/mol. The molecule has 9 heteroatoms. The maximum Gasteiger partial charge on any atom is 0.182 e. The van der Waals surface area contributed by atoms with Crippen molar-refractivity contribution in [2.24, 2.45) is 0 Å². The molecule has 1 aliphatic heterocycles. The van der Waals surface area contributed by atoms with Crippen LogP contribution in [0.5, 0.6) is 0 Å². The van der Waals surface area contributed by atoms with Crippen LogP contribution in [0.1, 0.15) is 0 Å². The van der Waals surface area contributed by atoms with E-state index < -0.39 is 11.6 Å². The third-order valence-corrected chi connectivity index (χ3v) is 6.43. The van der Waals surface area contributed by atoms with Gasteiger partial charge >= 0.3 is 0 Å². The van der Waals surface area contributed by atoms with Crippen molar-refractivity contribution in [2.75, 3.05) is 39.8 Å². The number of likely N-dealkylation sites (N-methyl/N-ethyl adjacent to an activating group) is 1. The van der Waals surface area contributed by atoms with Gasteiger partial charge in [-0.05, 0) is 25.2 Å². The molecule has 0 bridgehead atoms. The van der Waals surface area contributed by atoms with Crippen LogP contribution in [-0.2, 0) is 6.54 Å². The quantitative estimate of drug-likeness (QED) is 0.436. The van der Waals surface area contributed by atoms with Gasteiger partial charge in [-0.2, -0.15) is 5.10 Å². The van der Waals surface area contributed by atoms with Crippen molar-refractivity contribution in [3.05, 3.63) is 65.2 Å². The Hall–Kier alpha value is -2.94. The first kappa shape index (κ1) is 21.9. The molecule has 0 unspecified atom stereocenters. The Morgan fingerprint density at radius 3 is 2.33 bits per heavy atom. The van der Waals surface area contributed by atoms with E-state index in [1.165, 1.54) is 6.07 Å². The van der Waals surface area contributed by atoms with Gasteiger partial charge in [0.1, 0.15) is 11.4 Å². The third-order valence-electron chi connectivity index (χ3n) is 6.06. The van der Waals surface area contributed by atoms with Crippen LogP contribution in [0.3, 0.4) is 0 Å². The van der Waals surface area contributed by atoms with Crippen molar-refractivity contribution in [2.45, 2.75) is 6.54 Å². The van der Waals surface area contributed by atoms with Crippen LogP contribution >= 0.6 is 11.6 Å². The van der Waals surface area contributed by atoms with Crippen LogP contribution in [-0.4, -0.2) is 69.5 Å². The number of rotatable bonds is 5. The van der Waals surface area contributed by atoms with E-state index in [0.29, 0.717) is 39.6 Å². The van der Waals surface area contributed by atoms with Crippen LogP contribution in [0, 0.1) is 11.6 Å². The molecular weight excluding hydrogens is 446 g/mol. The fraction of sp³-hybridized carbons (Fsp3) is 0.292. The fourth-order valence-electron chi connectivity index (χ4n) is 4.11. The molecule has 3 heterocycles.